The Hall–Kier alpha value is -2.50. The second-order valence-electron chi connectivity index (χ2n) is 6.78. The van der Waals surface area contributed by atoms with Gasteiger partial charge in [-0.2, -0.15) is 0 Å². The van der Waals surface area contributed by atoms with Gasteiger partial charge in [-0.25, -0.2) is 0 Å². The molecule has 2 heterocycles. The van der Waals surface area contributed by atoms with Crippen LogP contribution in [0, 0.1) is 5.92 Å². The van der Waals surface area contributed by atoms with E-state index in [0.29, 0.717) is 32.6 Å². The van der Waals surface area contributed by atoms with Crippen LogP contribution in [0.5, 0.6) is 5.75 Å². The van der Waals surface area contributed by atoms with Crippen molar-refractivity contribution in [2.45, 2.75) is 19.3 Å². The Morgan fingerprint density at radius 1 is 1.16 bits per heavy atom. The first-order chi connectivity index (χ1) is 12.2. The fourth-order valence-electron chi connectivity index (χ4n) is 3.37. The molecule has 2 aromatic rings. The molecule has 0 bridgehead atoms. The van der Waals surface area contributed by atoms with Gasteiger partial charge >= 0.3 is 0 Å². The minimum atomic E-state index is 0.0806. The lowest BCUT2D eigenvalue weighted by molar-refractivity contribution is -0.139. The molecule has 2 amide bonds. The summed E-state index contributed by atoms with van der Waals surface area (Å²) >= 11 is 0. The Kier molecular flexibility index (Phi) is 4.11. The first kappa shape index (κ1) is 16.0. The molecule has 6 heteroatoms. The number of piperazine rings is 1. The van der Waals surface area contributed by atoms with Gasteiger partial charge in [-0.1, -0.05) is 0 Å². The third kappa shape index (κ3) is 3.21. The zero-order valence-corrected chi connectivity index (χ0v) is 14.4. The van der Waals surface area contributed by atoms with Crippen molar-refractivity contribution in [2.75, 3.05) is 33.3 Å². The van der Waals surface area contributed by atoms with E-state index in [1.54, 1.807) is 13.4 Å². The average molecular weight is 342 g/mol. The van der Waals surface area contributed by atoms with E-state index in [1.807, 2.05) is 28.0 Å². The first-order valence-corrected chi connectivity index (χ1v) is 8.76. The van der Waals surface area contributed by atoms with Crippen LogP contribution in [-0.4, -0.2) is 54.9 Å². The average Bonchev–Trinajstić information content (AvgIpc) is 3.43. The van der Waals surface area contributed by atoms with Gasteiger partial charge in [0.15, 0.2) is 0 Å². The maximum absolute atomic E-state index is 12.6. The predicted molar refractivity (Wildman–Crippen MR) is 92.4 cm³/mol. The van der Waals surface area contributed by atoms with E-state index in [-0.39, 0.29) is 17.7 Å². The van der Waals surface area contributed by atoms with Crippen molar-refractivity contribution in [1.29, 1.82) is 0 Å². The largest absolute Gasteiger partial charge is 0.497 e. The molecular weight excluding hydrogens is 320 g/mol. The van der Waals surface area contributed by atoms with Crippen LogP contribution in [-0.2, 0) is 16.0 Å². The number of benzene rings is 1. The topological polar surface area (TPSA) is 63.0 Å². The third-order valence-corrected chi connectivity index (χ3v) is 5.08. The van der Waals surface area contributed by atoms with Crippen LogP contribution < -0.4 is 4.74 Å². The van der Waals surface area contributed by atoms with E-state index in [1.165, 1.54) is 0 Å². The van der Waals surface area contributed by atoms with Gasteiger partial charge in [0.25, 0.3) is 0 Å². The first-order valence-electron chi connectivity index (χ1n) is 8.76. The SMILES string of the molecule is COc1ccc2c(CC(=O)N3CCN(C(=O)C4CC4)CC3)coc2c1. The number of hydrogen-bond donors (Lipinski definition) is 0. The zero-order valence-electron chi connectivity index (χ0n) is 14.4. The second kappa shape index (κ2) is 6.43. The summed E-state index contributed by atoms with van der Waals surface area (Å²) in [6, 6.07) is 5.62. The summed E-state index contributed by atoms with van der Waals surface area (Å²) in [5.74, 6) is 1.33. The second-order valence-corrected chi connectivity index (χ2v) is 6.78. The number of hydrogen-bond acceptors (Lipinski definition) is 4. The van der Waals surface area contributed by atoms with Gasteiger partial charge in [-0.15, -0.1) is 0 Å². The number of methoxy groups -OCH3 is 1. The lowest BCUT2D eigenvalue weighted by atomic mass is 10.1. The summed E-state index contributed by atoms with van der Waals surface area (Å²) in [7, 11) is 1.61. The molecule has 1 aromatic heterocycles. The summed E-state index contributed by atoms with van der Waals surface area (Å²) in [5, 5.41) is 0.941. The predicted octanol–water partition coefficient (Wildman–Crippen LogP) is 2.06. The van der Waals surface area contributed by atoms with E-state index in [4.69, 9.17) is 9.15 Å². The van der Waals surface area contributed by atoms with E-state index in [9.17, 15) is 9.59 Å². The fraction of sp³-hybridized carbons (Fsp3) is 0.474. The molecule has 2 aliphatic rings. The quantitative estimate of drug-likeness (QED) is 0.853. The molecule has 6 nitrogen and oxygen atoms in total. The van der Waals surface area contributed by atoms with Gasteiger partial charge in [-0.05, 0) is 25.0 Å². The van der Waals surface area contributed by atoms with Crippen molar-refractivity contribution in [1.82, 2.24) is 9.80 Å². The Morgan fingerprint density at radius 2 is 1.88 bits per heavy atom. The highest BCUT2D eigenvalue weighted by atomic mass is 16.5. The van der Waals surface area contributed by atoms with Crippen LogP contribution in [0.2, 0.25) is 0 Å². The molecule has 132 valence electrons. The van der Waals surface area contributed by atoms with Gasteiger partial charge < -0.3 is 19.0 Å². The summed E-state index contributed by atoms with van der Waals surface area (Å²) in [5.41, 5.74) is 1.61. The zero-order chi connectivity index (χ0) is 17.4. The van der Waals surface area contributed by atoms with Crippen molar-refractivity contribution >= 4 is 22.8 Å². The molecule has 4 rings (SSSR count). The Balaban J connectivity index is 1.38. The van der Waals surface area contributed by atoms with E-state index in [0.717, 1.165) is 35.1 Å². The molecule has 1 saturated carbocycles. The summed E-state index contributed by atoms with van der Waals surface area (Å²) in [6.45, 7) is 2.51. The number of amides is 2. The number of carbonyl (C=O) groups is 2. The molecule has 1 aliphatic heterocycles. The van der Waals surface area contributed by atoms with Crippen LogP contribution in [0.4, 0.5) is 0 Å². The molecule has 1 aromatic carbocycles. The molecule has 0 N–H and O–H groups in total. The minimum absolute atomic E-state index is 0.0806. The van der Waals surface area contributed by atoms with Crippen molar-refractivity contribution in [2.24, 2.45) is 5.92 Å². The van der Waals surface area contributed by atoms with Crippen LogP contribution in [0.15, 0.2) is 28.9 Å². The van der Waals surface area contributed by atoms with Crippen LogP contribution in [0.3, 0.4) is 0 Å². The lowest BCUT2D eigenvalue weighted by Crippen LogP contribution is -2.51. The molecule has 0 spiro atoms. The van der Waals surface area contributed by atoms with E-state index < -0.39 is 0 Å². The van der Waals surface area contributed by atoms with Gasteiger partial charge in [-0.3, -0.25) is 9.59 Å². The number of ether oxygens (including phenoxy) is 1. The van der Waals surface area contributed by atoms with Gasteiger partial charge in [0, 0.05) is 49.1 Å². The summed E-state index contributed by atoms with van der Waals surface area (Å²) in [4.78, 5) is 28.5. The van der Waals surface area contributed by atoms with Crippen molar-refractivity contribution in [3.8, 4) is 5.75 Å². The molecule has 0 unspecified atom stereocenters. The molecular formula is C19H22N2O4. The number of fused-ring (bicyclic) bond motifs is 1. The van der Waals surface area contributed by atoms with Crippen LogP contribution in [0.25, 0.3) is 11.0 Å². The maximum atomic E-state index is 12.6. The number of carbonyl (C=O) groups excluding carboxylic acids is 2. The smallest absolute Gasteiger partial charge is 0.227 e. The highest BCUT2D eigenvalue weighted by Gasteiger charge is 2.35. The van der Waals surface area contributed by atoms with Crippen molar-refractivity contribution < 1.29 is 18.7 Å². The maximum Gasteiger partial charge on any atom is 0.227 e. The van der Waals surface area contributed by atoms with Gasteiger partial charge in [0.2, 0.25) is 11.8 Å². The lowest BCUT2D eigenvalue weighted by Gasteiger charge is -2.35. The third-order valence-electron chi connectivity index (χ3n) is 5.08. The number of rotatable bonds is 4. The van der Waals surface area contributed by atoms with Gasteiger partial charge in [0.05, 0.1) is 19.8 Å². The number of furan rings is 1. The number of nitrogens with zero attached hydrogens (tertiary/aromatic N) is 2. The molecule has 0 atom stereocenters. The molecule has 2 fully saturated rings. The summed E-state index contributed by atoms with van der Waals surface area (Å²) in [6.07, 6.45) is 4.01. The normalized spacial score (nSPS) is 17.8. The summed E-state index contributed by atoms with van der Waals surface area (Å²) < 4.78 is 10.7. The molecule has 0 radical (unpaired) electrons. The molecule has 1 saturated heterocycles. The Morgan fingerprint density at radius 3 is 2.56 bits per heavy atom. The Labute approximate surface area is 146 Å². The highest BCUT2D eigenvalue weighted by Crippen LogP contribution is 2.31. The van der Waals surface area contributed by atoms with Crippen LogP contribution >= 0.6 is 0 Å². The molecule has 1 aliphatic carbocycles. The Bertz CT molecular complexity index is 801. The standard InChI is InChI=1S/C19H22N2O4/c1-24-15-4-5-16-14(12-25-17(16)11-15)10-18(22)20-6-8-21(9-7-20)19(23)13-2-3-13/h4-5,11-13H,2-3,6-10H2,1H3. The fourth-order valence-corrected chi connectivity index (χ4v) is 3.37. The highest BCUT2D eigenvalue weighted by molar-refractivity contribution is 5.88. The van der Waals surface area contributed by atoms with Gasteiger partial charge in [0.1, 0.15) is 11.3 Å². The monoisotopic (exact) mass is 342 g/mol. The van der Waals surface area contributed by atoms with E-state index in [2.05, 4.69) is 0 Å². The van der Waals surface area contributed by atoms with Crippen molar-refractivity contribution in [3.05, 3.63) is 30.0 Å². The van der Waals surface area contributed by atoms with E-state index >= 15 is 0 Å². The van der Waals surface area contributed by atoms with Crippen molar-refractivity contribution in [3.63, 3.8) is 0 Å². The van der Waals surface area contributed by atoms with Crippen LogP contribution in [0.1, 0.15) is 18.4 Å². The molecule has 25 heavy (non-hydrogen) atoms. The minimum Gasteiger partial charge on any atom is -0.497 e.